The molecule has 1 aliphatic rings. The summed E-state index contributed by atoms with van der Waals surface area (Å²) in [5.74, 6) is 1.48. The van der Waals surface area contributed by atoms with Crippen molar-refractivity contribution >= 4 is 5.96 Å². The zero-order valence-electron chi connectivity index (χ0n) is 12.9. The van der Waals surface area contributed by atoms with Gasteiger partial charge in [0.25, 0.3) is 0 Å². The number of hydrogen-bond acceptors (Lipinski definition) is 3. The van der Waals surface area contributed by atoms with Crippen LogP contribution < -0.4 is 10.6 Å². The van der Waals surface area contributed by atoms with Crippen LogP contribution in [0.2, 0.25) is 0 Å². The molecule has 5 heteroatoms. The standard InChI is InChI=1S/C17H22N4O/c1-18-17(21-14-9-5-6-10-14)19-11-15-12-22-16(20-15)13-7-3-2-4-8-13/h2-4,7-8,12,14H,5-6,9-11H2,1H3,(H2,18,19,21). The summed E-state index contributed by atoms with van der Waals surface area (Å²) in [4.78, 5) is 8.77. The van der Waals surface area contributed by atoms with Gasteiger partial charge in [-0.3, -0.25) is 4.99 Å². The van der Waals surface area contributed by atoms with E-state index in [0.29, 0.717) is 18.5 Å². The van der Waals surface area contributed by atoms with Gasteiger partial charge >= 0.3 is 0 Å². The molecule has 0 aliphatic heterocycles. The Balaban J connectivity index is 1.56. The maximum atomic E-state index is 5.54. The number of benzene rings is 1. The summed E-state index contributed by atoms with van der Waals surface area (Å²) >= 11 is 0. The first kappa shape index (κ1) is 14.6. The second kappa shape index (κ2) is 7.11. The van der Waals surface area contributed by atoms with Gasteiger partial charge < -0.3 is 15.1 Å². The Morgan fingerprint density at radius 2 is 2.05 bits per heavy atom. The lowest BCUT2D eigenvalue weighted by molar-refractivity contribution is 0.571. The van der Waals surface area contributed by atoms with Crippen LogP contribution in [0.5, 0.6) is 0 Å². The lowest BCUT2D eigenvalue weighted by Crippen LogP contribution is -2.41. The van der Waals surface area contributed by atoms with E-state index >= 15 is 0 Å². The van der Waals surface area contributed by atoms with E-state index in [-0.39, 0.29) is 0 Å². The summed E-state index contributed by atoms with van der Waals surface area (Å²) in [6.45, 7) is 0.600. The van der Waals surface area contributed by atoms with Crippen LogP contribution in [0.15, 0.2) is 46.0 Å². The van der Waals surface area contributed by atoms with E-state index in [1.54, 1.807) is 13.3 Å². The van der Waals surface area contributed by atoms with E-state index in [1.807, 2.05) is 30.3 Å². The van der Waals surface area contributed by atoms with Crippen LogP contribution in [0, 0.1) is 0 Å². The first-order valence-electron chi connectivity index (χ1n) is 7.82. The summed E-state index contributed by atoms with van der Waals surface area (Å²) in [5, 5.41) is 6.75. The van der Waals surface area contributed by atoms with E-state index in [1.165, 1.54) is 25.7 Å². The molecule has 22 heavy (non-hydrogen) atoms. The minimum absolute atomic E-state index is 0.545. The Bertz CT molecular complexity index is 615. The molecule has 1 aliphatic carbocycles. The maximum Gasteiger partial charge on any atom is 0.226 e. The molecule has 0 amide bonds. The second-order valence-corrected chi connectivity index (χ2v) is 5.56. The molecule has 0 spiro atoms. The van der Waals surface area contributed by atoms with Gasteiger partial charge in [0.15, 0.2) is 5.96 Å². The van der Waals surface area contributed by atoms with Gasteiger partial charge in [-0.1, -0.05) is 31.0 Å². The quantitative estimate of drug-likeness (QED) is 0.673. The van der Waals surface area contributed by atoms with E-state index in [9.17, 15) is 0 Å². The number of hydrogen-bond donors (Lipinski definition) is 2. The fourth-order valence-corrected chi connectivity index (χ4v) is 2.73. The number of oxazole rings is 1. The molecule has 1 fully saturated rings. The zero-order chi connectivity index (χ0) is 15.2. The Kier molecular flexibility index (Phi) is 4.73. The normalized spacial score (nSPS) is 16.0. The smallest absolute Gasteiger partial charge is 0.226 e. The summed E-state index contributed by atoms with van der Waals surface area (Å²) in [6.07, 6.45) is 6.75. The van der Waals surface area contributed by atoms with E-state index in [4.69, 9.17) is 4.42 Å². The van der Waals surface area contributed by atoms with Crippen LogP contribution in [0.25, 0.3) is 11.5 Å². The van der Waals surface area contributed by atoms with Crippen LogP contribution in [0.3, 0.4) is 0 Å². The van der Waals surface area contributed by atoms with Crippen molar-refractivity contribution in [1.82, 2.24) is 15.6 Å². The van der Waals surface area contributed by atoms with E-state index < -0.39 is 0 Å². The zero-order valence-corrected chi connectivity index (χ0v) is 12.9. The van der Waals surface area contributed by atoms with Gasteiger partial charge in [-0.2, -0.15) is 0 Å². The molecule has 3 rings (SSSR count). The van der Waals surface area contributed by atoms with Crippen molar-refractivity contribution in [2.75, 3.05) is 7.05 Å². The molecule has 0 unspecified atom stereocenters. The molecule has 0 bridgehead atoms. The molecule has 5 nitrogen and oxygen atoms in total. The Hall–Kier alpha value is -2.30. The molecule has 1 aromatic carbocycles. The highest BCUT2D eigenvalue weighted by atomic mass is 16.3. The van der Waals surface area contributed by atoms with Crippen molar-refractivity contribution in [3.63, 3.8) is 0 Å². The molecule has 1 aromatic heterocycles. The van der Waals surface area contributed by atoms with Gasteiger partial charge in [0.2, 0.25) is 5.89 Å². The highest BCUT2D eigenvalue weighted by molar-refractivity contribution is 5.79. The Labute approximate surface area is 130 Å². The van der Waals surface area contributed by atoms with Crippen molar-refractivity contribution in [3.05, 3.63) is 42.3 Å². The minimum Gasteiger partial charge on any atom is -0.444 e. The molecule has 1 saturated carbocycles. The fourth-order valence-electron chi connectivity index (χ4n) is 2.73. The average Bonchev–Trinajstić information content (AvgIpc) is 3.24. The topological polar surface area (TPSA) is 62.5 Å². The monoisotopic (exact) mass is 298 g/mol. The van der Waals surface area contributed by atoms with Gasteiger partial charge in [0.05, 0.1) is 12.2 Å². The van der Waals surface area contributed by atoms with Crippen molar-refractivity contribution in [2.45, 2.75) is 38.3 Å². The summed E-state index contributed by atoms with van der Waals surface area (Å²) in [5.41, 5.74) is 1.86. The maximum absolute atomic E-state index is 5.54. The first-order valence-corrected chi connectivity index (χ1v) is 7.82. The number of nitrogens with zero attached hydrogens (tertiary/aromatic N) is 2. The highest BCUT2D eigenvalue weighted by Gasteiger charge is 2.16. The highest BCUT2D eigenvalue weighted by Crippen LogP contribution is 2.18. The lowest BCUT2D eigenvalue weighted by atomic mass is 10.2. The first-order chi connectivity index (χ1) is 10.8. The van der Waals surface area contributed by atoms with Crippen molar-refractivity contribution in [3.8, 4) is 11.5 Å². The molecule has 116 valence electrons. The molecule has 0 atom stereocenters. The predicted molar refractivity (Wildman–Crippen MR) is 87.5 cm³/mol. The van der Waals surface area contributed by atoms with Gasteiger partial charge in [-0.25, -0.2) is 4.98 Å². The van der Waals surface area contributed by atoms with Crippen LogP contribution in [-0.2, 0) is 6.54 Å². The van der Waals surface area contributed by atoms with Crippen LogP contribution in [0.4, 0.5) is 0 Å². The second-order valence-electron chi connectivity index (χ2n) is 5.56. The molecule has 1 heterocycles. The van der Waals surface area contributed by atoms with E-state index in [0.717, 1.165) is 17.2 Å². The van der Waals surface area contributed by atoms with Crippen LogP contribution in [0.1, 0.15) is 31.4 Å². The van der Waals surface area contributed by atoms with Gasteiger partial charge in [-0.15, -0.1) is 0 Å². The molecule has 0 saturated heterocycles. The van der Waals surface area contributed by atoms with Crippen molar-refractivity contribution in [1.29, 1.82) is 0 Å². The van der Waals surface area contributed by atoms with Crippen LogP contribution >= 0.6 is 0 Å². The number of rotatable bonds is 4. The van der Waals surface area contributed by atoms with Crippen molar-refractivity contribution in [2.24, 2.45) is 4.99 Å². The van der Waals surface area contributed by atoms with Gasteiger partial charge in [0.1, 0.15) is 6.26 Å². The summed E-state index contributed by atoms with van der Waals surface area (Å²) < 4.78 is 5.54. The van der Waals surface area contributed by atoms with Crippen molar-refractivity contribution < 1.29 is 4.42 Å². The van der Waals surface area contributed by atoms with Gasteiger partial charge in [0, 0.05) is 18.7 Å². The predicted octanol–water partition coefficient (Wildman–Crippen LogP) is 2.95. The number of nitrogens with one attached hydrogen (secondary N) is 2. The SMILES string of the molecule is CN=C(NCc1coc(-c2ccccc2)n1)NC1CCCC1. The number of aromatic nitrogens is 1. The molecule has 0 radical (unpaired) electrons. The third-order valence-electron chi connectivity index (χ3n) is 3.93. The summed E-state index contributed by atoms with van der Waals surface area (Å²) in [6, 6.07) is 10.5. The summed E-state index contributed by atoms with van der Waals surface area (Å²) in [7, 11) is 1.79. The largest absolute Gasteiger partial charge is 0.444 e. The minimum atomic E-state index is 0.545. The third kappa shape index (κ3) is 3.67. The fraction of sp³-hybridized carbons (Fsp3) is 0.412. The van der Waals surface area contributed by atoms with Crippen LogP contribution in [-0.4, -0.2) is 24.0 Å². The molecular formula is C17H22N4O. The van der Waals surface area contributed by atoms with Gasteiger partial charge in [-0.05, 0) is 25.0 Å². The molecule has 2 N–H and O–H groups in total. The molecular weight excluding hydrogens is 276 g/mol. The number of guanidine groups is 1. The molecule has 2 aromatic rings. The number of aliphatic imine (C=N–C) groups is 1. The average molecular weight is 298 g/mol. The Morgan fingerprint density at radius 1 is 1.27 bits per heavy atom. The van der Waals surface area contributed by atoms with E-state index in [2.05, 4.69) is 20.6 Å². The Morgan fingerprint density at radius 3 is 2.77 bits per heavy atom. The third-order valence-corrected chi connectivity index (χ3v) is 3.93. The lowest BCUT2D eigenvalue weighted by Gasteiger charge is -2.16.